The molecule has 1 unspecified atom stereocenters. The van der Waals surface area contributed by atoms with Crippen molar-refractivity contribution in [2.75, 3.05) is 22.1 Å². The number of nitrogens with zero attached hydrogens (tertiary/aromatic N) is 2. The molecule has 9 heteroatoms. The van der Waals surface area contributed by atoms with Gasteiger partial charge in [-0.1, -0.05) is 6.07 Å². The Morgan fingerprint density at radius 2 is 1.83 bits per heavy atom. The molecule has 1 aliphatic heterocycles. The maximum Gasteiger partial charge on any atom is 0.271 e. The predicted molar refractivity (Wildman–Crippen MR) is 108 cm³/mol. The van der Waals surface area contributed by atoms with E-state index in [0.717, 1.165) is 0 Å². The van der Waals surface area contributed by atoms with Gasteiger partial charge in [0.2, 0.25) is 17.7 Å². The first-order valence-electron chi connectivity index (χ1n) is 8.98. The molecule has 150 valence electrons. The third-order valence-electron chi connectivity index (χ3n) is 4.69. The summed E-state index contributed by atoms with van der Waals surface area (Å²) < 4.78 is 0. The lowest BCUT2D eigenvalue weighted by Gasteiger charge is -2.17. The van der Waals surface area contributed by atoms with Crippen LogP contribution in [0, 0.1) is 23.0 Å². The summed E-state index contributed by atoms with van der Waals surface area (Å²) in [5.41, 5.74) is 2.18. The van der Waals surface area contributed by atoms with Gasteiger partial charge in [-0.3, -0.25) is 24.5 Å². The Kier molecular flexibility index (Phi) is 5.58. The molecule has 2 aromatic carbocycles. The zero-order valence-electron chi connectivity index (χ0n) is 16.0. The van der Waals surface area contributed by atoms with E-state index in [2.05, 4.69) is 10.6 Å². The molecule has 2 N–H and O–H groups in total. The molecule has 0 saturated carbocycles. The van der Waals surface area contributed by atoms with Gasteiger partial charge in [0.15, 0.2) is 0 Å². The van der Waals surface area contributed by atoms with E-state index in [1.807, 2.05) is 0 Å². The van der Waals surface area contributed by atoms with Gasteiger partial charge in [-0.2, -0.15) is 0 Å². The minimum atomic E-state index is -0.573. The molecule has 1 fully saturated rings. The van der Waals surface area contributed by atoms with Crippen LogP contribution in [0.15, 0.2) is 42.5 Å². The van der Waals surface area contributed by atoms with Crippen LogP contribution in [-0.4, -0.2) is 29.2 Å². The monoisotopic (exact) mass is 396 g/mol. The number of carbonyl (C=O) groups excluding carboxylic acids is 3. The van der Waals surface area contributed by atoms with E-state index in [1.54, 1.807) is 37.3 Å². The highest BCUT2D eigenvalue weighted by Crippen LogP contribution is 2.28. The van der Waals surface area contributed by atoms with Crippen LogP contribution < -0.4 is 15.5 Å². The molecular weight excluding hydrogens is 376 g/mol. The number of nitrogens with one attached hydrogen (secondary N) is 2. The van der Waals surface area contributed by atoms with E-state index >= 15 is 0 Å². The topological polar surface area (TPSA) is 122 Å². The van der Waals surface area contributed by atoms with Gasteiger partial charge in [0.25, 0.3) is 5.69 Å². The van der Waals surface area contributed by atoms with Crippen molar-refractivity contribution in [2.45, 2.75) is 20.3 Å². The van der Waals surface area contributed by atoms with Crippen LogP contribution in [-0.2, 0) is 14.4 Å². The van der Waals surface area contributed by atoms with Crippen LogP contribution in [0.3, 0.4) is 0 Å². The van der Waals surface area contributed by atoms with E-state index in [4.69, 9.17) is 0 Å². The number of hydrogen-bond donors (Lipinski definition) is 2. The lowest BCUT2D eigenvalue weighted by molar-refractivity contribution is -0.384. The number of rotatable bonds is 5. The van der Waals surface area contributed by atoms with E-state index in [-0.39, 0.29) is 36.4 Å². The fourth-order valence-corrected chi connectivity index (χ4v) is 3.15. The van der Waals surface area contributed by atoms with Gasteiger partial charge in [0.05, 0.1) is 16.5 Å². The fourth-order valence-electron chi connectivity index (χ4n) is 3.15. The lowest BCUT2D eigenvalue weighted by Crippen LogP contribution is -2.28. The first-order chi connectivity index (χ1) is 13.7. The number of carbonyl (C=O) groups is 3. The molecule has 3 rings (SSSR count). The number of aryl methyl sites for hydroxylation is 1. The molecule has 1 atom stereocenters. The molecular formula is C20H20N4O5. The van der Waals surface area contributed by atoms with Gasteiger partial charge in [-0.25, -0.2) is 0 Å². The molecule has 1 aliphatic rings. The average Bonchev–Trinajstić information content (AvgIpc) is 3.05. The third-order valence-corrected chi connectivity index (χ3v) is 4.69. The zero-order chi connectivity index (χ0) is 21.1. The maximum atomic E-state index is 12.6. The summed E-state index contributed by atoms with van der Waals surface area (Å²) in [7, 11) is 0. The standard InChI is InChI=1S/C20H20N4O5/c1-12-3-6-17(24(28)29)10-18(12)22-20(27)14-9-19(26)23(11-14)16-7-4-15(5-8-16)21-13(2)25/h3-8,10,14H,9,11H2,1-2H3,(H,21,25)(H,22,27). The molecule has 9 nitrogen and oxygen atoms in total. The number of non-ortho nitro benzene ring substituents is 1. The summed E-state index contributed by atoms with van der Waals surface area (Å²) >= 11 is 0. The van der Waals surface area contributed by atoms with Crippen molar-refractivity contribution in [2.24, 2.45) is 5.92 Å². The second kappa shape index (κ2) is 8.09. The van der Waals surface area contributed by atoms with E-state index in [1.165, 1.54) is 24.0 Å². The van der Waals surface area contributed by atoms with Crippen LogP contribution >= 0.6 is 0 Å². The molecule has 0 aromatic heterocycles. The van der Waals surface area contributed by atoms with Crippen molar-refractivity contribution < 1.29 is 19.3 Å². The van der Waals surface area contributed by atoms with E-state index in [9.17, 15) is 24.5 Å². The first-order valence-corrected chi connectivity index (χ1v) is 8.98. The largest absolute Gasteiger partial charge is 0.326 e. The van der Waals surface area contributed by atoms with E-state index in [0.29, 0.717) is 22.6 Å². The molecule has 3 amide bonds. The van der Waals surface area contributed by atoms with Gasteiger partial charge < -0.3 is 15.5 Å². The summed E-state index contributed by atoms with van der Waals surface area (Å²) in [5, 5.41) is 16.3. The van der Waals surface area contributed by atoms with Crippen molar-refractivity contribution in [1.82, 2.24) is 0 Å². The summed E-state index contributed by atoms with van der Waals surface area (Å²) in [4.78, 5) is 48.1. The second-order valence-corrected chi connectivity index (χ2v) is 6.88. The highest BCUT2D eigenvalue weighted by atomic mass is 16.6. The van der Waals surface area contributed by atoms with Crippen LogP contribution in [0.4, 0.5) is 22.7 Å². The lowest BCUT2D eigenvalue weighted by atomic mass is 10.1. The smallest absolute Gasteiger partial charge is 0.271 e. The third kappa shape index (κ3) is 4.57. The van der Waals surface area contributed by atoms with Crippen molar-refractivity contribution >= 4 is 40.5 Å². The van der Waals surface area contributed by atoms with Crippen molar-refractivity contribution in [3.63, 3.8) is 0 Å². The van der Waals surface area contributed by atoms with Crippen LogP contribution in [0.25, 0.3) is 0 Å². The maximum absolute atomic E-state index is 12.6. The number of nitro benzene ring substituents is 1. The van der Waals surface area contributed by atoms with Crippen LogP contribution in [0.1, 0.15) is 18.9 Å². The van der Waals surface area contributed by atoms with Gasteiger partial charge in [0, 0.05) is 43.4 Å². The molecule has 0 bridgehead atoms. The van der Waals surface area contributed by atoms with E-state index < -0.39 is 10.8 Å². The summed E-state index contributed by atoms with van der Waals surface area (Å²) in [6.07, 6.45) is 0.0489. The summed E-state index contributed by atoms with van der Waals surface area (Å²) in [6.45, 7) is 3.35. The molecule has 0 radical (unpaired) electrons. The molecule has 1 saturated heterocycles. The first kappa shape index (κ1) is 20.0. The Balaban J connectivity index is 1.70. The van der Waals surface area contributed by atoms with Crippen molar-refractivity contribution in [3.8, 4) is 0 Å². The Morgan fingerprint density at radius 3 is 2.45 bits per heavy atom. The van der Waals surface area contributed by atoms with Crippen LogP contribution in [0.2, 0.25) is 0 Å². The highest BCUT2D eigenvalue weighted by molar-refractivity contribution is 6.04. The molecule has 0 aliphatic carbocycles. The molecule has 1 heterocycles. The Hall–Kier alpha value is -3.75. The highest BCUT2D eigenvalue weighted by Gasteiger charge is 2.35. The molecule has 0 spiro atoms. The predicted octanol–water partition coefficient (Wildman–Crippen LogP) is 2.85. The summed E-state index contributed by atoms with van der Waals surface area (Å²) in [6, 6.07) is 11.0. The Morgan fingerprint density at radius 1 is 1.14 bits per heavy atom. The minimum absolute atomic E-state index is 0.0489. The Bertz CT molecular complexity index is 987. The normalized spacial score (nSPS) is 15.9. The van der Waals surface area contributed by atoms with Crippen molar-refractivity contribution in [3.05, 3.63) is 58.1 Å². The number of hydrogen-bond acceptors (Lipinski definition) is 5. The van der Waals surface area contributed by atoms with Crippen molar-refractivity contribution in [1.29, 1.82) is 0 Å². The fraction of sp³-hybridized carbons (Fsp3) is 0.250. The van der Waals surface area contributed by atoms with Gasteiger partial charge >= 0.3 is 0 Å². The quantitative estimate of drug-likeness (QED) is 0.594. The number of amides is 3. The molecule has 2 aromatic rings. The minimum Gasteiger partial charge on any atom is -0.326 e. The zero-order valence-corrected chi connectivity index (χ0v) is 16.0. The number of benzene rings is 2. The van der Waals surface area contributed by atoms with Gasteiger partial charge in [-0.15, -0.1) is 0 Å². The SMILES string of the molecule is CC(=O)Nc1ccc(N2CC(C(=O)Nc3cc([N+](=O)[O-])ccc3C)CC2=O)cc1. The summed E-state index contributed by atoms with van der Waals surface area (Å²) in [5.74, 6) is -1.31. The second-order valence-electron chi connectivity index (χ2n) is 6.88. The van der Waals surface area contributed by atoms with Gasteiger partial charge in [-0.05, 0) is 36.8 Å². The van der Waals surface area contributed by atoms with Crippen LogP contribution in [0.5, 0.6) is 0 Å². The Labute approximate surface area is 166 Å². The van der Waals surface area contributed by atoms with Gasteiger partial charge in [0.1, 0.15) is 0 Å². The number of nitro groups is 1. The molecule has 29 heavy (non-hydrogen) atoms. The average molecular weight is 396 g/mol. The number of anilines is 3.